The maximum atomic E-state index is 5.35. The fourth-order valence-corrected chi connectivity index (χ4v) is 3.44. The van der Waals surface area contributed by atoms with Crippen LogP contribution in [0.4, 0.5) is 5.13 Å². The zero-order chi connectivity index (χ0) is 13.9. The van der Waals surface area contributed by atoms with E-state index in [9.17, 15) is 0 Å². The van der Waals surface area contributed by atoms with Crippen molar-refractivity contribution in [3.05, 3.63) is 5.69 Å². The van der Waals surface area contributed by atoms with Crippen molar-refractivity contribution in [2.24, 2.45) is 7.05 Å². The van der Waals surface area contributed by atoms with Gasteiger partial charge in [-0.1, -0.05) is 11.3 Å². The van der Waals surface area contributed by atoms with Crippen LogP contribution < -0.4 is 5.32 Å². The molecule has 2 aromatic rings. The largest absolute Gasteiger partial charge is 0.379 e. The highest BCUT2D eigenvalue weighted by Crippen LogP contribution is 2.27. The van der Waals surface area contributed by atoms with Gasteiger partial charge in [0.05, 0.1) is 23.6 Å². The van der Waals surface area contributed by atoms with Gasteiger partial charge in [-0.05, 0) is 19.9 Å². The van der Waals surface area contributed by atoms with Crippen LogP contribution in [-0.4, -0.2) is 59.1 Å². The zero-order valence-electron chi connectivity index (χ0n) is 12.1. The van der Waals surface area contributed by atoms with Gasteiger partial charge in [-0.25, -0.2) is 9.67 Å². The summed E-state index contributed by atoms with van der Waals surface area (Å²) in [6.45, 7) is 7.99. The quantitative estimate of drug-likeness (QED) is 0.847. The van der Waals surface area contributed by atoms with Gasteiger partial charge in [0.25, 0.3) is 0 Å². The minimum absolute atomic E-state index is 0.873. The fourth-order valence-electron chi connectivity index (χ4n) is 2.48. The standard InChI is InChI=1S/C13H21N5OS/c1-10-11-12(17(2)16-10)15-13(20-11)14-4-3-5-18-6-8-19-9-7-18/h3-9H2,1-2H3,(H,14,15). The first-order valence-electron chi connectivity index (χ1n) is 7.08. The van der Waals surface area contributed by atoms with Crippen LogP contribution in [0.25, 0.3) is 10.3 Å². The van der Waals surface area contributed by atoms with Gasteiger partial charge in [0.2, 0.25) is 0 Å². The Labute approximate surface area is 122 Å². The Bertz CT molecular complexity index is 538. The molecule has 6 nitrogen and oxygen atoms in total. The molecule has 0 amide bonds. The highest BCUT2D eigenvalue weighted by molar-refractivity contribution is 7.22. The van der Waals surface area contributed by atoms with E-state index in [-0.39, 0.29) is 0 Å². The second-order valence-corrected chi connectivity index (χ2v) is 6.11. The monoisotopic (exact) mass is 295 g/mol. The Morgan fingerprint density at radius 2 is 2.15 bits per heavy atom. The van der Waals surface area contributed by atoms with Gasteiger partial charge < -0.3 is 10.1 Å². The molecule has 0 aliphatic carbocycles. The summed E-state index contributed by atoms with van der Waals surface area (Å²) in [4.78, 5) is 7.05. The van der Waals surface area contributed by atoms with Crippen LogP contribution in [0, 0.1) is 6.92 Å². The average Bonchev–Trinajstić information content (AvgIpc) is 2.98. The molecular weight excluding hydrogens is 274 g/mol. The molecule has 2 aromatic heterocycles. The van der Waals surface area contributed by atoms with Gasteiger partial charge in [-0.15, -0.1) is 0 Å². The van der Waals surface area contributed by atoms with Crippen LogP contribution >= 0.6 is 11.3 Å². The summed E-state index contributed by atoms with van der Waals surface area (Å²) in [6.07, 6.45) is 1.13. The molecule has 0 aromatic carbocycles. The lowest BCUT2D eigenvalue weighted by Gasteiger charge is -2.26. The van der Waals surface area contributed by atoms with Gasteiger partial charge in [0.1, 0.15) is 0 Å². The molecule has 1 aliphatic rings. The summed E-state index contributed by atoms with van der Waals surface area (Å²) in [6, 6.07) is 0. The van der Waals surface area contributed by atoms with Crippen LogP contribution in [0.1, 0.15) is 12.1 Å². The minimum Gasteiger partial charge on any atom is -0.379 e. The Morgan fingerprint density at radius 1 is 1.35 bits per heavy atom. The van der Waals surface area contributed by atoms with Crippen molar-refractivity contribution in [1.29, 1.82) is 0 Å². The van der Waals surface area contributed by atoms with Crippen molar-refractivity contribution in [1.82, 2.24) is 19.7 Å². The van der Waals surface area contributed by atoms with Gasteiger partial charge in [0, 0.05) is 26.7 Å². The number of fused-ring (bicyclic) bond motifs is 1. The Kier molecular flexibility index (Phi) is 4.18. The van der Waals surface area contributed by atoms with E-state index in [4.69, 9.17) is 4.74 Å². The minimum atomic E-state index is 0.873. The van der Waals surface area contributed by atoms with Crippen LogP contribution in [0.15, 0.2) is 0 Å². The summed E-state index contributed by atoms with van der Waals surface area (Å²) in [5, 5.41) is 8.79. The first-order chi connectivity index (χ1) is 9.74. The third-order valence-electron chi connectivity index (χ3n) is 3.58. The number of nitrogens with zero attached hydrogens (tertiary/aromatic N) is 4. The van der Waals surface area contributed by atoms with Gasteiger partial charge in [-0.2, -0.15) is 5.10 Å². The fraction of sp³-hybridized carbons (Fsp3) is 0.692. The number of aryl methyl sites for hydroxylation is 2. The molecule has 110 valence electrons. The van der Waals surface area contributed by atoms with Crippen molar-refractivity contribution in [2.75, 3.05) is 44.7 Å². The van der Waals surface area contributed by atoms with E-state index in [0.717, 1.165) is 62.3 Å². The Balaban J connectivity index is 1.48. The molecule has 3 heterocycles. The molecule has 3 rings (SSSR count). The number of aromatic nitrogens is 3. The highest BCUT2D eigenvalue weighted by atomic mass is 32.1. The van der Waals surface area contributed by atoms with Gasteiger partial charge in [0.15, 0.2) is 10.8 Å². The molecule has 1 fully saturated rings. The maximum absolute atomic E-state index is 5.35. The summed E-state index contributed by atoms with van der Waals surface area (Å²) in [5.74, 6) is 0. The second kappa shape index (κ2) is 6.07. The first kappa shape index (κ1) is 13.8. The van der Waals surface area contributed by atoms with Crippen molar-refractivity contribution < 1.29 is 4.74 Å². The molecule has 0 saturated carbocycles. The van der Waals surface area contributed by atoms with Crippen molar-refractivity contribution in [3.63, 3.8) is 0 Å². The first-order valence-corrected chi connectivity index (χ1v) is 7.90. The van der Waals surface area contributed by atoms with Crippen LogP contribution in [0.5, 0.6) is 0 Å². The van der Waals surface area contributed by atoms with Crippen molar-refractivity contribution in [3.8, 4) is 0 Å². The van der Waals surface area contributed by atoms with E-state index in [1.807, 2.05) is 18.7 Å². The number of thiazole rings is 1. The van der Waals surface area contributed by atoms with E-state index in [1.54, 1.807) is 11.3 Å². The number of rotatable bonds is 5. The summed E-state index contributed by atoms with van der Waals surface area (Å²) < 4.78 is 8.38. The molecule has 7 heteroatoms. The SMILES string of the molecule is Cc1nn(C)c2nc(NCCCN3CCOCC3)sc12. The van der Waals surface area contributed by atoms with E-state index in [1.165, 1.54) is 4.70 Å². The van der Waals surface area contributed by atoms with E-state index in [0.29, 0.717) is 0 Å². The smallest absolute Gasteiger partial charge is 0.185 e. The molecule has 0 bridgehead atoms. The number of ether oxygens (including phenoxy) is 1. The summed E-state index contributed by atoms with van der Waals surface area (Å²) >= 11 is 1.69. The lowest BCUT2D eigenvalue weighted by atomic mass is 10.3. The summed E-state index contributed by atoms with van der Waals surface area (Å²) in [5.41, 5.74) is 2.03. The molecular formula is C13H21N5OS. The third kappa shape index (κ3) is 2.94. The molecule has 20 heavy (non-hydrogen) atoms. The van der Waals surface area contributed by atoms with Crippen molar-refractivity contribution >= 4 is 26.8 Å². The predicted molar refractivity (Wildman–Crippen MR) is 81.5 cm³/mol. The normalized spacial score (nSPS) is 16.9. The Hall–Kier alpha value is -1.18. The highest BCUT2D eigenvalue weighted by Gasteiger charge is 2.12. The molecule has 1 saturated heterocycles. The lowest BCUT2D eigenvalue weighted by molar-refractivity contribution is 0.0378. The second-order valence-electron chi connectivity index (χ2n) is 5.12. The zero-order valence-corrected chi connectivity index (χ0v) is 12.9. The lowest BCUT2D eigenvalue weighted by Crippen LogP contribution is -2.37. The molecule has 0 atom stereocenters. The molecule has 1 aliphatic heterocycles. The van der Waals surface area contributed by atoms with Gasteiger partial charge in [-0.3, -0.25) is 4.90 Å². The third-order valence-corrected chi connectivity index (χ3v) is 4.69. The van der Waals surface area contributed by atoms with E-state index in [2.05, 4.69) is 20.3 Å². The van der Waals surface area contributed by atoms with E-state index < -0.39 is 0 Å². The van der Waals surface area contributed by atoms with Gasteiger partial charge >= 0.3 is 0 Å². The summed E-state index contributed by atoms with van der Waals surface area (Å²) in [7, 11) is 1.94. The molecule has 0 spiro atoms. The number of anilines is 1. The average molecular weight is 295 g/mol. The number of morpholine rings is 1. The topological polar surface area (TPSA) is 55.2 Å². The van der Waals surface area contributed by atoms with Crippen LogP contribution in [-0.2, 0) is 11.8 Å². The molecule has 0 unspecified atom stereocenters. The number of hydrogen-bond acceptors (Lipinski definition) is 6. The van der Waals surface area contributed by atoms with Crippen LogP contribution in [0.2, 0.25) is 0 Å². The van der Waals surface area contributed by atoms with Crippen molar-refractivity contribution in [2.45, 2.75) is 13.3 Å². The van der Waals surface area contributed by atoms with E-state index >= 15 is 0 Å². The molecule has 0 radical (unpaired) electrons. The maximum Gasteiger partial charge on any atom is 0.185 e. The molecule has 1 N–H and O–H groups in total. The van der Waals surface area contributed by atoms with Crippen LogP contribution in [0.3, 0.4) is 0 Å². The number of nitrogens with one attached hydrogen (secondary N) is 1. The Morgan fingerprint density at radius 3 is 2.90 bits per heavy atom. The number of hydrogen-bond donors (Lipinski definition) is 1. The predicted octanol–water partition coefficient (Wildman–Crippen LogP) is 1.47.